The second-order valence-corrected chi connectivity index (χ2v) is 7.44. The fraction of sp³-hybridized carbons (Fsp3) is 0.632. The Hall–Kier alpha value is -1.08. The number of nitrogens with one attached hydrogen (secondary N) is 1. The number of amides is 1. The lowest BCUT2D eigenvalue weighted by Crippen LogP contribution is -2.60. The van der Waals surface area contributed by atoms with Gasteiger partial charge in [0.05, 0.1) is 11.6 Å². The average molecular weight is 423 g/mol. The van der Waals surface area contributed by atoms with Crippen LogP contribution in [0.1, 0.15) is 27.7 Å². The van der Waals surface area contributed by atoms with Crippen molar-refractivity contribution in [2.75, 3.05) is 37.6 Å². The minimum absolute atomic E-state index is 0. The van der Waals surface area contributed by atoms with Gasteiger partial charge in [0.15, 0.2) is 0 Å². The maximum absolute atomic E-state index is 13.1. The van der Waals surface area contributed by atoms with Crippen LogP contribution in [-0.2, 0) is 4.79 Å². The molecule has 1 saturated heterocycles. The number of anilines is 1. The molecule has 2 atom stereocenters. The van der Waals surface area contributed by atoms with E-state index in [1.165, 1.54) is 12.1 Å². The molecule has 2 rings (SSSR count). The number of nitrogens with two attached hydrogens (primary N) is 1. The minimum Gasteiger partial charge on any atom is -0.369 e. The summed E-state index contributed by atoms with van der Waals surface area (Å²) in [5.41, 5.74) is 6.50. The Balaban J connectivity index is 0.00000338. The molecule has 1 heterocycles. The maximum Gasteiger partial charge on any atom is 0.237 e. The van der Waals surface area contributed by atoms with Gasteiger partial charge >= 0.3 is 0 Å². The molecule has 1 amide bonds. The molecule has 1 aromatic carbocycles. The number of carbonyl (C=O) groups excluding carboxylic acids is 1. The molecule has 8 heteroatoms. The highest BCUT2D eigenvalue weighted by atomic mass is 35.5. The minimum atomic E-state index is -0.388. The molecule has 0 aliphatic carbocycles. The Morgan fingerprint density at radius 1 is 1.15 bits per heavy atom. The van der Waals surface area contributed by atoms with Crippen LogP contribution >= 0.6 is 24.8 Å². The van der Waals surface area contributed by atoms with Gasteiger partial charge in [0, 0.05) is 38.4 Å². The van der Waals surface area contributed by atoms with E-state index in [0.717, 1.165) is 31.9 Å². The van der Waals surface area contributed by atoms with E-state index in [-0.39, 0.29) is 54.0 Å². The highest BCUT2D eigenvalue weighted by Crippen LogP contribution is 2.19. The molecule has 1 aromatic rings. The van der Waals surface area contributed by atoms with Crippen LogP contribution in [0.15, 0.2) is 24.3 Å². The van der Waals surface area contributed by atoms with Gasteiger partial charge in [0.2, 0.25) is 5.91 Å². The smallest absolute Gasteiger partial charge is 0.237 e. The number of benzene rings is 1. The van der Waals surface area contributed by atoms with Crippen LogP contribution < -0.4 is 16.0 Å². The molecule has 5 nitrogen and oxygen atoms in total. The fourth-order valence-electron chi connectivity index (χ4n) is 3.00. The summed E-state index contributed by atoms with van der Waals surface area (Å²) in [6.45, 7) is 11.7. The van der Waals surface area contributed by atoms with Gasteiger partial charge in [-0.2, -0.15) is 0 Å². The quantitative estimate of drug-likeness (QED) is 0.739. The van der Waals surface area contributed by atoms with E-state index in [1.807, 2.05) is 13.8 Å². The summed E-state index contributed by atoms with van der Waals surface area (Å²) in [6, 6.07) is 6.38. The van der Waals surface area contributed by atoms with E-state index in [4.69, 9.17) is 5.73 Å². The fourth-order valence-corrected chi connectivity index (χ4v) is 3.00. The van der Waals surface area contributed by atoms with Crippen LogP contribution in [0.5, 0.6) is 0 Å². The van der Waals surface area contributed by atoms with Crippen molar-refractivity contribution >= 4 is 36.4 Å². The van der Waals surface area contributed by atoms with Gasteiger partial charge in [-0.3, -0.25) is 9.69 Å². The van der Waals surface area contributed by atoms with Crippen LogP contribution in [0.4, 0.5) is 10.1 Å². The lowest BCUT2D eigenvalue weighted by Gasteiger charge is -2.40. The van der Waals surface area contributed by atoms with Crippen LogP contribution in [0.3, 0.4) is 0 Å². The molecule has 0 saturated carbocycles. The zero-order valence-electron chi connectivity index (χ0n) is 16.6. The molecule has 0 aromatic heterocycles. The van der Waals surface area contributed by atoms with E-state index in [9.17, 15) is 9.18 Å². The van der Waals surface area contributed by atoms with E-state index in [1.54, 1.807) is 12.1 Å². The Morgan fingerprint density at radius 3 is 2.11 bits per heavy atom. The Bertz CT molecular complexity index is 580. The maximum atomic E-state index is 13.1. The van der Waals surface area contributed by atoms with Gasteiger partial charge in [-0.25, -0.2) is 4.39 Å². The number of hydrogen-bond donors (Lipinski definition) is 2. The first kappa shape index (κ1) is 25.9. The summed E-state index contributed by atoms with van der Waals surface area (Å²) in [6.07, 6.45) is 0. The summed E-state index contributed by atoms with van der Waals surface area (Å²) in [5, 5.41) is 3.13. The van der Waals surface area contributed by atoms with Crippen LogP contribution in [0, 0.1) is 11.7 Å². The molecular formula is C19H33Cl2FN4O. The second-order valence-electron chi connectivity index (χ2n) is 7.44. The van der Waals surface area contributed by atoms with E-state index in [0.29, 0.717) is 6.54 Å². The lowest BCUT2D eigenvalue weighted by molar-refractivity contribution is -0.128. The number of carbonyl (C=O) groups is 1. The SMILES string of the molecule is CC(C(=O)NC(C)(CN)C(C)C)N1CCN(c2ccc(F)cc2)CC1.Cl.Cl. The number of piperazine rings is 1. The van der Waals surface area contributed by atoms with Gasteiger partial charge in [-0.15, -0.1) is 24.8 Å². The third-order valence-electron chi connectivity index (χ3n) is 5.54. The van der Waals surface area contributed by atoms with Gasteiger partial charge in [0.1, 0.15) is 5.82 Å². The number of halogens is 3. The van der Waals surface area contributed by atoms with Crippen molar-refractivity contribution in [2.24, 2.45) is 11.7 Å². The molecule has 1 fully saturated rings. The predicted octanol–water partition coefficient (Wildman–Crippen LogP) is 2.67. The van der Waals surface area contributed by atoms with Crippen molar-refractivity contribution in [3.63, 3.8) is 0 Å². The van der Waals surface area contributed by atoms with Crippen molar-refractivity contribution in [1.82, 2.24) is 10.2 Å². The topological polar surface area (TPSA) is 61.6 Å². The first-order valence-electron chi connectivity index (χ1n) is 9.03. The molecule has 3 N–H and O–H groups in total. The monoisotopic (exact) mass is 422 g/mol. The average Bonchev–Trinajstić information content (AvgIpc) is 2.61. The van der Waals surface area contributed by atoms with Crippen molar-refractivity contribution < 1.29 is 9.18 Å². The molecule has 156 valence electrons. The Labute approximate surface area is 174 Å². The normalized spacial score (nSPS) is 18.1. The molecule has 0 radical (unpaired) electrons. The van der Waals surface area contributed by atoms with Gasteiger partial charge in [-0.1, -0.05) is 13.8 Å². The van der Waals surface area contributed by atoms with E-state index < -0.39 is 0 Å². The Morgan fingerprint density at radius 2 is 1.67 bits per heavy atom. The summed E-state index contributed by atoms with van der Waals surface area (Å²) >= 11 is 0. The molecule has 0 spiro atoms. The second kappa shape index (κ2) is 11.1. The van der Waals surface area contributed by atoms with Crippen molar-refractivity contribution in [3.8, 4) is 0 Å². The molecule has 1 aliphatic heterocycles. The summed E-state index contributed by atoms with van der Waals surface area (Å²) in [5.74, 6) is 0.0710. The first-order valence-corrected chi connectivity index (χ1v) is 9.03. The van der Waals surface area contributed by atoms with E-state index >= 15 is 0 Å². The summed E-state index contributed by atoms with van der Waals surface area (Å²) in [4.78, 5) is 17.1. The zero-order valence-corrected chi connectivity index (χ0v) is 18.2. The van der Waals surface area contributed by atoms with Gasteiger partial charge in [0.25, 0.3) is 0 Å². The van der Waals surface area contributed by atoms with Gasteiger partial charge < -0.3 is 16.0 Å². The highest BCUT2D eigenvalue weighted by Gasteiger charge is 2.32. The molecule has 0 bridgehead atoms. The van der Waals surface area contributed by atoms with E-state index in [2.05, 4.69) is 29.0 Å². The Kier molecular flexibility index (Phi) is 10.6. The summed E-state index contributed by atoms with van der Waals surface area (Å²) < 4.78 is 13.1. The highest BCUT2D eigenvalue weighted by molar-refractivity contribution is 5.85. The zero-order chi connectivity index (χ0) is 18.6. The molecule has 2 unspecified atom stereocenters. The van der Waals surface area contributed by atoms with Crippen LogP contribution in [-0.4, -0.2) is 55.1 Å². The molecular weight excluding hydrogens is 390 g/mol. The standard InChI is InChI=1S/C19H31FN4O.2ClH/c1-14(2)19(4,13-21)22-18(25)15(3)23-9-11-24(12-10-23)17-7-5-16(20)6-8-17;;/h5-8,14-15H,9-13,21H2,1-4H3,(H,22,25);2*1H. The molecule has 27 heavy (non-hydrogen) atoms. The largest absolute Gasteiger partial charge is 0.369 e. The van der Waals surface area contributed by atoms with Crippen LogP contribution in [0.2, 0.25) is 0 Å². The first-order chi connectivity index (χ1) is 11.8. The third kappa shape index (κ3) is 6.49. The third-order valence-corrected chi connectivity index (χ3v) is 5.54. The lowest BCUT2D eigenvalue weighted by atomic mass is 9.88. The van der Waals surface area contributed by atoms with Crippen molar-refractivity contribution in [2.45, 2.75) is 39.3 Å². The summed E-state index contributed by atoms with van der Waals surface area (Å²) in [7, 11) is 0. The number of rotatable bonds is 6. The van der Waals surface area contributed by atoms with Crippen molar-refractivity contribution in [1.29, 1.82) is 0 Å². The van der Waals surface area contributed by atoms with Gasteiger partial charge in [-0.05, 0) is 44.0 Å². The van der Waals surface area contributed by atoms with Crippen LogP contribution in [0.25, 0.3) is 0 Å². The predicted molar refractivity (Wildman–Crippen MR) is 115 cm³/mol. The number of hydrogen-bond acceptors (Lipinski definition) is 4. The van der Waals surface area contributed by atoms with Crippen molar-refractivity contribution in [3.05, 3.63) is 30.1 Å². The molecule has 1 aliphatic rings. The number of nitrogens with zero attached hydrogens (tertiary/aromatic N) is 2.